The maximum Gasteiger partial charge on any atom is 0.256 e. The number of nitrogens with zero attached hydrogens (tertiary/aromatic N) is 2. The zero-order valence-corrected chi connectivity index (χ0v) is 13.7. The average molecular weight is 339 g/mol. The van der Waals surface area contributed by atoms with E-state index < -0.39 is 17.5 Å². The van der Waals surface area contributed by atoms with E-state index in [1.54, 1.807) is 44.3 Å². The number of aromatic nitrogens is 2. The quantitative estimate of drug-likeness (QED) is 0.774. The van der Waals surface area contributed by atoms with Gasteiger partial charge >= 0.3 is 0 Å². The van der Waals surface area contributed by atoms with Crippen LogP contribution in [0.2, 0.25) is 0 Å². The average Bonchev–Trinajstić information content (AvgIpc) is 2.58. The summed E-state index contributed by atoms with van der Waals surface area (Å²) in [4.78, 5) is 20.5. The van der Waals surface area contributed by atoms with Crippen LogP contribution in [0.4, 0.5) is 14.6 Å². The zero-order chi connectivity index (χ0) is 18.0. The van der Waals surface area contributed by atoms with Crippen molar-refractivity contribution in [2.24, 2.45) is 0 Å². The van der Waals surface area contributed by atoms with Crippen molar-refractivity contribution >= 4 is 11.7 Å². The van der Waals surface area contributed by atoms with Gasteiger partial charge in [0.2, 0.25) is 0 Å². The number of carbonyl (C=O) groups is 1. The summed E-state index contributed by atoms with van der Waals surface area (Å²) in [5, 5.41) is 2.58. The first-order chi connectivity index (χ1) is 12.0. The summed E-state index contributed by atoms with van der Waals surface area (Å²) < 4.78 is 28.3. The van der Waals surface area contributed by atoms with Gasteiger partial charge in [-0.1, -0.05) is 6.07 Å². The van der Waals surface area contributed by atoms with Gasteiger partial charge in [0.25, 0.3) is 5.91 Å². The van der Waals surface area contributed by atoms with Gasteiger partial charge in [-0.25, -0.2) is 13.8 Å². The van der Waals surface area contributed by atoms with Crippen LogP contribution < -0.4 is 5.32 Å². The Hall–Kier alpha value is -3.15. The first-order valence-corrected chi connectivity index (χ1v) is 7.61. The molecular weight excluding hydrogens is 324 g/mol. The Morgan fingerprint density at radius 1 is 1.08 bits per heavy atom. The number of pyridine rings is 2. The molecule has 0 atom stereocenters. The molecule has 0 aliphatic carbocycles. The highest BCUT2D eigenvalue weighted by Crippen LogP contribution is 2.28. The van der Waals surface area contributed by atoms with Crippen molar-refractivity contribution in [2.45, 2.75) is 13.8 Å². The van der Waals surface area contributed by atoms with Gasteiger partial charge in [-0.3, -0.25) is 9.78 Å². The van der Waals surface area contributed by atoms with Gasteiger partial charge in [-0.2, -0.15) is 0 Å². The summed E-state index contributed by atoms with van der Waals surface area (Å²) in [5.41, 5.74) is 1.89. The van der Waals surface area contributed by atoms with Crippen molar-refractivity contribution in [3.63, 3.8) is 0 Å². The summed E-state index contributed by atoms with van der Waals surface area (Å²) in [6, 6.07) is 9.03. The largest absolute Gasteiger partial charge is 0.307 e. The summed E-state index contributed by atoms with van der Waals surface area (Å²) in [6.07, 6.45) is 3.00. The lowest BCUT2D eigenvalue weighted by molar-refractivity contribution is 0.102. The van der Waals surface area contributed by atoms with Crippen molar-refractivity contribution in [1.82, 2.24) is 9.97 Å². The molecule has 0 saturated carbocycles. The van der Waals surface area contributed by atoms with E-state index in [1.165, 1.54) is 12.3 Å². The molecule has 0 spiro atoms. The maximum absolute atomic E-state index is 14.2. The van der Waals surface area contributed by atoms with Crippen LogP contribution in [0.3, 0.4) is 0 Å². The highest BCUT2D eigenvalue weighted by molar-refractivity contribution is 6.04. The number of halogens is 2. The molecule has 0 fully saturated rings. The minimum absolute atomic E-state index is 0.000425. The Morgan fingerprint density at radius 2 is 1.88 bits per heavy atom. The minimum Gasteiger partial charge on any atom is -0.307 e. The van der Waals surface area contributed by atoms with E-state index in [1.807, 2.05) is 0 Å². The van der Waals surface area contributed by atoms with Crippen LogP contribution in [-0.2, 0) is 0 Å². The summed E-state index contributed by atoms with van der Waals surface area (Å²) in [5.74, 6) is -2.34. The second-order valence-electron chi connectivity index (χ2n) is 5.63. The predicted molar refractivity (Wildman–Crippen MR) is 91.3 cm³/mol. The number of aryl methyl sites for hydroxylation is 2. The topological polar surface area (TPSA) is 54.9 Å². The molecule has 126 valence electrons. The molecule has 0 bridgehead atoms. The fraction of sp³-hybridized carbons (Fsp3) is 0.105. The molecule has 1 amide bonds. The van der Waals surface area contributed by atoms with Crippen LogP contribution in [0.15, 0.2) is 48.8 Å². The summed E-state index contributed by atoms with van der Waals surface area (Å²) >= 11 is 0. The van der Waals surface area contributed by atoms with E-state index in [9.17, 15) is 13.6 Å². The lowest BCUT2D eigenvalue weighted by atomic mass is 9.99. The van der Waals surface area contributed by atoms with Crippen molar-refractivity contribution < 1.29 is 13.6 Å². The zero-order valence-electron chi connectivity index (χ0n) is 13.7. The molecule has 4 nitrogen and oxygen atoms in total. The molecular formula is C19H15F2N3O. The molecule has 0 unspecified atom stereocenters. The number of benzene rings is 1. The Kier molecular flexibility index (Phi) is 4.52. The molecule has 0 radical (unpaired) electrons. The van der Waals surface area contributed by atoms with Crippen molar-refractivity contribution in [3.8, 4) is 11.1 Å². The SMILES string of the molecule is Cc1cccc(NC(=O)c2cc(F)c(F)c(-c3cnccc3C)c2)n1. The Labute approximate surface area is 143 Å². The second kappa shape index (κ2) is 6.76. The van der Waals surface area contributed by atoms with Crippen LogP contribution in [0.5, 0.6) is 0 Å². The summed E-state index contributed by atoms with van der Waals surface area (Å²) in [6.45, 7) is 3.55. The smallest absolute Gasteiger partial charge is 0.256 e. The Bertz CT molecular complexity index is 957. The highest BCUT2D eigenvalue weighted by Gasteiger charge is 2.18. The van der Waals surface area contributed by atoms with Crippen LogP contribution in [0.25, 0.3) is 11.1 Å². The molecule has 0 aliphatic heterocycles. The Morgan fingerprint density at radius 3 is 2.60 bits per heavy atom. The third-order valence-corrected chi connectivity index (χ3v) is 3.75. The minimum atomic E-state index is -1.09. The van der Waals surface area contributed by atoms with Crippen LogP contribution in [0.1, 0.15) is 21.6 Å². The second-order valence-corrected chi connectivity index (χ2v) is 5.63. The molecule has 2 aromatic heterocycles. The number of carbonyl (C=O) groups excluding carboxylic acids is 1. The van der Waals surface area contributed by atoms with E-state index in [4.69, 9.17) is 0 Å². The first-order valence-electron chi connectivity index (χ1n) is 7.61. The molecule has 2 heterocycles. The molecule has 3 rings (SSSR count). The summed E-state index contributed by atoms with van der Waals surface area (Å²) in [7, 11) is 0. The number of hydrogen-bond donors (Lipinski definition) is 1. The monoisotopic (exact) mass is 339 g/mol. The number of rotatable bonds is 3. The van der Waals surface area contributed by atoms with E-state index in [-0.39, 0.29) is 11.1 Å². The van der Waals surface area contributed by atoms with Crippen molar-refractivity contribution in [3.05, 3.63) is 77.2 Å². The molecule has 0 aliphatic rings. The Balaban J connectivity index is 2.00. The van der Waals surface area contributed by atoms with Gasteiger partial charge in [0, 0.05) is 34.8 Å². The van der Waals surface area contributed by atoms with Gasteiger partial charge < -0.3 is 5.32 Å². The molecule has 3 aromatic rings. The van der Waals surface area contributed by atoms with Crippen LogP contribution >= 0.6 is 0 Å². The van der Waals surface area contributed by atoms with E-state index in [0.717, 1.165) is 17.3 Å². The van der Waals surface area contributed by atoms with Gasteiger partial charge in [0.15, 0.2) is 11.6 Å². The maximum atomic E-state index is 14.2. The lowest BCUT2D eigenvalue weighted by Crippen LogP contribution is -2.14. The predicted octanol–water partition coefficient (Wildman–Crippen LogP) is 4.29. The standard InChI is InChI=1S/C19H15F2N3O/c1-11-6-7-22-10-15(11)14-8-13(9-16(20)18(14)21)19(25)24-17-5-3-4-12(2)23-17/h3-10H,1-2H3,(H,23,24,25). The van der Waals surface area contributed by atoms with Gasteiger partial charge in [-0.15, -0.1) is 0 Å². The van der Waals surface area contributed by atoms with Crippen LogP contribution in [-0.4, -0.2) is 15.9 Å². The molecule has 6 heteroatoms. The third-order valence-electron chi connectivity index (χ3n) is 3.75. The van der Waals surface area contributed by atoms with E-state index >= 15 is 0 Å². The number of amides is 1. The van der Waals surface area contributed by atoms with Crippen LogP contribution in [0, 0.1) is 25.5 Å². The third kappa shape index (κ3) is 3.52. The van der Waals surface area contributed by atoms with E-state index in [0.29, 0.717) is 11.4 Å². The fourth-order valence-corrected chi connectivity index (χ4v) is 2.46. The van der Waals surface area contributed by atoms with Gasteiger partial charge in [0.1, 0.15) is 5.82 Å². The van der Waals surface area contributed by atoms with Crippen molar-refractivity contribution in [1.29, 1.82) is 0 Å². The molecule has 25 heavy (non-hydrogen) atoms. The number of anilines is 1. The lowest BCUT2D eigenvalue weighted by Gasteiger charge is -2.10. The van der Waals surface area contributed by atoms with E-state index in [2.05, 4.69) is 15.3 Å². The normalized spacial score (nSPS) is 10.6. The fourth-order valence-electron chi connectivity index (χ4n) is 2.46. The number of hydrogen-bond acceptors (Lipinski definition) is 3. The molecule has 1 aromatic carbocycles. The number of nitrogens with one attached hydrogen (secondary N) is 1. The van der Waals surface area contributed by atoms with Gasteiger partial charge in [-0.05, 0) is 49.7 Å². The highest BCUT2D eigenvalue weighted by atomic mass is 19.2. The molecule has 0 saturated heterocycles. The van der Waals surface area contributed by atoms with Gasteiger partial charge in [0.05, 0.1) is 0 Å². The first kappa shape index (κ1) is 16.7. The van der Waals surface area contributed by atoms with Crippen molar-refractivity contribution in [2.75, 3.05) is 5.32 Å². The molecule has 1 N–H and O–H groups in total.